The number of nitrogens with one attached hydrogen (secondary N) is 2. The van der Waals surface area contributed by atoms with Crippen LogP contribution in [-0.4, -0.2) is 68.9 Å². The number of benzene rings is 1. The smallest absolute Gasteiger partial charge is 0.191 e. The van der Waals surface area contributed by atoms with E-state index in [9.17, 15) is 0 Å². The Bertz CT molecular complexity index is 554. The molecular weight excluding hydrogens is 340 g/mol. The van der Waals surface area contributed by atoms with Crippen molar-refractivity contribution in [2.75, 3.05) is 45.9 Å². The zero-order chi connectivity index (χ0) is 19.5. The Kier molecular flexibility index (Phi) is 9.42. The maximum atomic E-state index is 5.69. The molecule has 27 heavy (non-hydrogen) atoms. The number of aliphatic imine (C=N–C) groups is 1. The van der Waals surface area contributed by atoms with E-state index in [0.717, 1.165) is 64.1 Å². The summed E-state index contributed by atoms with van der Waals surface area (Å²) in [5.74, 6) is 1.81. The lowest BCUT2D eigenvalue weighted by molar-refractivity contribution is 0.0220. The van der Waals surface area contributed by atoms with Crippen LogP contribution in [0.1, 0.15) is 33.3 Å². The van der Waals surface area contributed by atoms with Crippen LogP contribution >= 0.6 is 0 Å². The molecule has 1 aromatic rings. The summed E-state index contributed by atoms with van der Waals surface area (Å²) in [6.07, 6.45) is 1.15. The van der Waals surface area contributed by atoms with Crippen LogP contribution in [0.15, 0.2) is 29.3 Å². The first-order chi connectivity index (χ1) is 13.1. The molecule has 0 bridgehead atoms. The van der Waals surface area contributed by atoms with Gasteiger partial charge in [-0.3, -0.25) is 9.89 Å². The Morgan fingerprint density at radius 2 is 1.85 bits per heavy atom. The second kappa shape index (κ2) is 11.8. The monoisotopic (exact) mass is 376 g/mol. The zero-order valence-electron chi connectivity index (χ0n) is 17.3. The minimum absolute atomic E-state index is 0.205. The highest BCUT2D eigenvalue weighted by Gasteiger charge is 2.16. The van der Waals surface area contributed by atoms with Crippen molar-refractivity contribution in [2.45, 2.75) is 46.3 Å². The van der Waals surface area contributed by atoms with Gasteiger partial charge in [-0.25, -0.2) is 0 Å². The van der Waals surface area contributed by atoms with Crippen LogP contribution in [0.25, 0.3) is 0 Å². The normalized spacial score (nSPS) is 17.0. The Hall–Kier alpha value is -1.79. The van der Waals surface area contributed by atoms with Crippen molar-refractivity contribution in [1.82, 2.24) is 15.5 Å². The van der Waals surface area contributed by atoms with Gasteiger partial charge in [0.05, 0.1) is 25.9 Å². The molecular formula is C21H36N4O2. The molecule has 0 aromatic heterocycles. The molecule has 1 atom stereocenters. The molecule has 0 radical (unpaired) electrons. The Morgan fingerprint density at radius 1 is 1.15 bits per heavy atom. The summed E-state index contributed by atoms with van der Waals surface area (Å²) < 4.78 is 11.1. The molecule has 1 heterocycles. The summed E-state index contributed by atoms with van der Waals surface area (Å²) >= 11 is 0. The lowest BCUT2D eigenvalue weighted by Crippen LogP contribution is -2.44. The maximum absolute atomic E-state index is 5.69. The second-order valence-electron chi connectivity index (χ2n) is 7.20. The van der Waals surface area contributed by atoms with Gasteiger partial charge in [0, 0.05) is 32.2 Å². The first-order valence-corrected chi connectivity index (χ1v) is 10.2. The van der Waals surface area contributed by atoms with Gasteiger partial charge < -0.3 is 20.1 Å². The average Bonchev–Trinajstić information content (AvgIpc) is 2.67. The Balaban J connectivity index is 1.77. The van der Waals surface area contributed by atoms with Crippen LogP contribution in [0.2, 0.25) is 0 Å². The van der Waals surface area contributed by atoms with E-state index in [-0.39, 0.29) is 6.10 Å². The SMILES string of the molecule is CCNC(=NCC(C)N1CCOCC1)NCCc1ccc(OC(C)C)cc1. The fraction of sp³-hybridized carbons (Fsp3) is 0.667. The number of hydrogen-bond donors (Lipinski definition) is 2. The van der Waals surface area contributed by atoms with Gasteiger partial charge in [0.15, 0.2) is 5.96 Å². The van der Waals surface area contributed by atoms with Gasteiger partial charge in [0.2, 0.25) is 0 Å². The molecule has 2 N–H and O–H groups in total. The number of rotatable bonds is 9. The van der Waals surface area contributed by atoms with E-state index in [0.29, 0.717) is 6.04 Å². The quantitative estimate of drug-likeness (QED) is 0.512. The fourth-order valence-electron chi connectivity index (χ4n) is 3.03. The molecule has 1 aliphatic rings. The molecule has 1 unspecified atom stereocenters. The molecule has 152 valence electrons. The first kappa shape index (κ1) is 21.5. The highest BCUT2D eigenvalue weighted by molar-refractivity contribution is 5.79. The molecule has 6 heteroatoms. The van der Waals surface area contributed by atoms with Gasteiger partial charge in [0.25, 0.3) is 0 Å². The second-order valence-corrected chi connectivity index (χ2v) is 7.20. The number of hydrogen-bond acceptors (Lipinski definition) is 4. The van der Waals surface area contributed by atoms with E-state index in [4.69, 9.17) is 14.5 Å². The molecule has 1 aromatic carbocycles. The summed E-state index contributed by atoms with van der Waals surface area (Å²) in [5, 5.41) is 6.77. The predicted molar refractivity (Wildman–Crippen MR) is 112 cm³/mol. The van der Waals surface area contributed by atoms with E-state index in [1.54, 1.807) is 0 Å². The lowest BCUT2D eigenvalue weighted by Gasteiger charge is -2.31. The highest BCUT2D eigenvalue weighted by Crippen LogP contribution is 2.14. The van der Waals surface area contributed by atoms with Crippen LogP contribution in [0.3, 0.4) is 0 Å². The van der Waals surface area contributed by atoms with Gasteiger partial charge in [-0.05, 0) is 51.8 Å². The summed E-state index contributed by atoms with van der Waals surface area (Å²) in [7, 11) is 0. The Labute approximate surface area is 164 Å². The van der Waals surface area contributed by atoms with Gasteiger partial charge in [0.1, 0.15) is 5.75 Å². The first-order valence-electron chi connectivity index (χ1n) is 10.2. The average molecular weight is 377 g/mol. The summed E-state index contributed by atoms with van der Waals surface area (Å²) in [6, 6.07) is 8.77. The number of ether oxygens (including phenoxy) is 2. The van der Waals surface area contributed by atoms with Crippen molar-refractivity contribution in [3.63, 3.8) is 0 Å². The van der Waals surface area contributed by atoms with Crippen LogP contribution in [0, 0.1) is 0 Å². The molecule has 1 saturated heterocycles. The van der Waals surface area contributed by atoms with Crippen molar-refractivity contribution in [3.05, 3.63) is 29.8 Å². The summed E-state index contributed by atoms with van der Waals surface area (Å²) in [6.45, 7) is 14.6. The van der Waals surface area contributed by atoms with Crippen molar-refractivity contribution in [1.29, 1.82) is 0 Å². The largest absolute Gasteiger partial charge is 0.491 e. The molecule has 0 aliphatic carbocycles. The minimum Gasteiger partial charge on any atom is -0.491 e. The van der Waals surface area contributed by atoms with Crippen LogP contribution in [-0.2, 0) is 11.2 Å². The molecule has 0 saturated carbocycles. The van der Waals surface area contributed by atoms with Crippen molar-refractivity contribution in [2.24, 2.45) is 4.99 Å². The van der Waals surface area contributed by atoms with Gasteiger partial charge >= 0.3 is 0 Å². The standard InChI is InChI=1S/C21H36N4O2/c1-5-22-21(24-16-18(4)25-12-14-26-15-13-25)23-11-10-19-6-8-20(9-7-19)27-17(2)3/h6-9,17-18H,5,10-16H2,1-4H3,(H2,22,23,24). The van der Waals surface area contributed by atoms with Crippen molar-refractivity contribution < 1.29 is 9.47 Å². The van der Waals surface area contributed by atoms with Gasteiger partial charge in [-0.15, -0.1) is 0 Å². The van der Waals surface area contributed by atoms with Gasteiger partial charge in [-0.2, -0.15) is 0 Å². The zero-order valence-corrected chi connectivity index (χ0v) is 17.3. The predicted octanol–water partition coefficient (Wildman–Crippen LogP) is 2.29. The third kappa shape index (κ3) is 8.18. The minimum atomic E-state index is 0.205. The van der Waals surface area contributed by atoms with Crippen LogP contribution in [0.5, 0.6) is 5.75 Å². The third-order valence-electron chi connectivity index (χ3n) is 4.53. The fourth-order valence-corrected chi connectivity index (χ4v) is 3.03. The number of nitrogens with zero attached hydrogens (tertiary/aromatic N) is 2. The summed E-state index contributed by atoms with van der Waals surface area (Å²) in [5.41, 5.74) is 1.29. The Morgan fingerprint density at radius 3 is 2.48 bits per heavy atom. The highest BCUT2D eigenvalue weighted by atomic mass is 16.5. The molecule has 0 amide bonds. The maximum Gasteiger partial charge on any atom is 0.191 e. The molecule has 0 spiro atoms. The molecule has 6 nitrogen and oxygen atoms in total. The lowest BCUT2D eigenvalue weighted by atomic mass is 10.1. The number of morpholine rings is 1. The van der Waals surface area contributed by atoms with Gasteiger partial charge in [-0.1, -0.05) is 12.1 Å². The van der Waals surface area contributed by atoms with Crippen LogP contribution in [0.4, 0.5) is 0 Å². The van der Waals surface area contributed by atoms with Crippen molar-refractivity contribution in [3.8, 4) is 5.75 Å². The van der Waals surface area contributed by atoms with E-state index in [2.05, 4.69) is 41.5 Å². The number of guanidine groups is 1. The third-order valence-corrected chi connectivity index (χ3v) is 4.53. The summed E-state index contributed by atoms with van der Waals surface area (Å²) in [4.78, 5) is 7.20. The van der Waals surface area contributed by atoms with Crippen molar-refractivity contribution >= 4 is 5.96 Å². The molecule has 1 fully saturated rings. The van der Waals surface area contributed by atoms with E-state index >= 15 is 0 Å². The molecule has 1 aliphatic heterocycles. The van der Waals surface area contributed by atoms with E-state index < -0.39 is 0 Å². The van der Waals surface area contributed by atoms with E-state index in [1.807, 2.05) is 26.0 Å². The van der Waals surface area contributed by atoms with E-state index in [1.165, 1.54) is 5.56 Å². The topological polar surface area (TPSA) is 58.1 Å². The van der Waals surface area contributed by atoms with Crippen LogP contribution < -0.4 is 15.4 Å². The molecule has 2 rings (SSSR count).